The number of anilines is 2. The lowest BCUT2D eigenvalue weighted by Gasteiger charge is -2.38. The van der Waals surface area contributed by atoms with E-state index >= 15 is 0 Å². The van der Waals surface area contributed by atoms with Gasteiger partial charge in [0.2, 0.25) is 0 Å². The van der Waals surface area contributed by atoms with Crippen LogP contribution >= 0.6 is 0 Å². The van der Waals surface area contributed by atoms with Crippen LogP contribution in [0.25, 0.3) is 0 Å². The molecule has 1 unspecified atom stereocenters. The van der Waals surface area contributed by atoms with E-state index in [1.54, 1.807) is 0 Å². The Balaban J connectivity index is 2.14. The van der Waals surface area contributed by atoms with Gasteiger partial charge in [0.05, 0.1) is 18.0 Å². The molecule has 5 nitrogen and oxygen atoms in total. The molecule has 0 saturated heterocycles. The molecule has 0 bridgehead atoms. The topological polar surface area (TPSA) is 44.8 Å². The van der Waals surface area contributed by atoms with E-state index in [1.807, 2.05) is 26.0 Å². The number of benzene rings is 1. The van der Waals surface area contributed by atoms with Gasteiger partial charge in [-0.15, -0.1) is 0 Å². The molecule has 1 aromatic carbocycles. The van der Waals surface area contributed by atoms with E-state index < -0.39 is 0 Å². The summed E-state index contributed by atoms with van der Waals surface area (Å²) in [4.78, 5) is 16.6. The lowest BCUT2D eigenvalue weighted by molar-refractivity contribution is -0.145. The van der Waals surface area contributed by atoms with E-state index in [0.717, 1.165) is 19.6 Å². The number of likely N-dealkylation sites (N-methyl/N-ethyl adjacent to an activating group) is 2. The van der Waals surface area contributed by atoms with Crippen molar-refractivity contribution in [2.45, 2.75) is 19.9 Å². The largest absolute Gasteiger partial charge is 0.465 e. The summed E-state index contributed by atoms with van der Waals surface area (Å²) >= 11 is 0. The van der Waals surface area contributed by atoms with Gasteiger partial charge >= 0.3 is 5.97 Å². The van der Waals surface area contributed by atoms with E-state index in [1.165, 1.54) is 11.4 Å². The third-order valence-corrected chi connectivity index (χ3v) is 3.76. The van der Waals surface area contributed by atoms with Gasteiger partial charge in [-0.1, -0.05) is 19.1 Å². The first-order valence-corrected chi connectivity index (χ1v) is 7.62. The highest BCUT2D eigenvalue weighted by Gasteiger charge is 2.26. The number of nitrogens with one attached hydrogen (secondary N) is 1. The fourth-order valence-corrected chi connectivity index (χ4v) is 2.69. The number of carbonyl (C=O) groups is 1. The summed E-state index contributed by atoms with van der Waals surface area (Å²) in [6.07, 6.45) is 0. The van der Waals surface area contributed by atoms with Gasteiger partial charge in [-0.3, -0.25) is 4.79 Å². The summed E-state index contributed by atoms with van der Waals surface area (Å²) in [5.41, 5.74) is 2.39. The van der Waals surface area contributed by atoms with Crippen molar-refractivity contribution in [3.8, 4) is 0 Å². The van der Waals surface area contributed by atoms with Crippen LogP contribution in [-0.4, -0.2) is 51.8 Å². The first-order chi connectivity index (χ1) is 10.2. The lowest BCUT2D eigenvalue weighted by Crippen LogP contribution is -2.50. The van der Waals surface area contributed by atoms with Crippen LogP contribution in [0.15, 0.2) is 24.3 Å². The Morgan fingerprint density at radius 3 is 2.67 bits per heavy atom. The molecule has 1 aliphatic rings. The van der Waals surface area contributed by atoms with Crippen molar-refractivity contribution in [3.63, 3.8) is 0 Å². The van der Waals surface area contributed by atoms with E-state index in [2.05, 4.69) is 34.3 Å². The third-order valence-electron chi connectivity index (χ3n) is 3.76. The summed E-state index contributed by atoms with van der Waals surface area (Å²) in [5, 5.41) is 3.23. The number of rotatable bonds is 6. The smallest absolute Gasteiger partial charge is 0.324 e. The van der Waals surface area contributed by atoms with Gasteiger partial charge in [-0.25, -0.2) is 0 Å². The zero-order valence-corrected chi connectivity index (χ0v) is 13.1. The highest BCUT2D eigenvalue weighted by molar-refractivity contribution is 5.78. The number of hydrogen-bond acceptors (Lipinski definition) is 5. The maximum Gasteiger partial charge on any atom is 0.324 e. The van der Waals surface area contributed by atoms with E-state index in [9.17, 15) is 4.79 Å². The molecule has 5 heteroatoms. The normalized spacial score (nSPS) is 15.6. The molecule has 116 valence electrons. The Morgan fingerprint density at radius 2 is 2.00 bits per heavy atom. The number of ether oxygens (including phenoxy) is 1. The summed E-state index contributed by atoms with van der Waals surface area (Å²) < 4.78 is 5.17. The van der Waals surface area contributed by atoms with Gasteiger partial charge in [0.1, 0.15) is 6.04 Å². The van der Waals surface area contributed by atoms with Crippen molar-refractivity contribution >= 4 is 17.3 Å². The zero-order chi connectivity index (χ0) is 15.2. The van der Waals surface area contributed by atoms with Gasteiger partial charge in [-0.05, 0) is 25.6 Å². The minimum absolute atomic E-state index is 0.171. The number of fused-ring (bicyclic) bond motifs is 1. The van der Waals surface area contributed by atoms with Crippen LogP contribution in [0.5, 0.6) is 0 Å². The van der Waals surface area contributed by atoms with Gasteiger partial charge < -0.3 is 19.9 Å². The van der Waals surface area contributed by atoms with Crippen molar-refractivity contribution in [2.24, 2.45) is 0 Å². The first kappa shape index (κ1) is 15.6. The summed E-state index contributed by atoms with van der Waals surface area (Å²) in [6.45, 7) is 7.51. The number of hydrogen-bond donors (Lipinski definition) is 1. The van der Waals surface area contributed by atoms with E-state index in [0.29, 0.717) is 13.2 Å². The first-order valence-electron chi connectivity index (χ1n) is 7.62. The summed E-state index contributed by atoms with van der Waals surface area (Å²) in [7, 11) is 2.10. The fraction of sp³-hybridized carbons (Fsp3) is 0.562. The molecule has 1 atom stereocenters. The maximum atomic E-state index is 12.1. The molecule has 0 aromatic heterocycles. The molecule has 2 rings (SSSR count). The second kappa shape index (κ2) is 7.31. The second-order valence-corrected chi connectivity index (χ2v) is 5.22. The molecule has 1 aromatic rings. The average molecular weight is 291 g/mol. The van der Waals surface area contributed by atoms with Crippen LogP contribution in [0.2, 0.25) is 0 Å². The van der Waals surface area contributed by atoms with E-state index in [4.69, 9.17) is 4.74 Å². The molecule has 0 aliphatic carbocycles. The molecule has 1 heterocycles. The quantitative estimate of drug-likeness (QED) is 0.805. The Bertz CT molecular complexity index is 478. The predicted octanol–water partition coefficient (Wildman–Crippen LogP) is 1.48. The standard InChI is InChI=1S/C16H25N3O2/c1-4-17-13(16(20)21-5-2)12-19-11-10-18(3)14-8-6-7-9-15(14)19/h6-9,13,17H,4-5,10-12H2,1-3H3. The van der Waals surface area contributed by atoms with Gasteiger partial charge in [0.15, 0.2) is 0 Å². The Hall–Kier alpha value is -1.75. The van der Waals surface area contributed by atoms with Crippen molar-refractivity contribution < 1.29 is 9.53 Å². The summed E-state index contributed by atoms with van der Waals surface area (Å²) in [6, 6.07) is 8.03. The highest BCUT2D eigenvalue weighted by atomic mass is 16.5. The molecule has 0 amide bonds. The van der Waals surface area contributed by atoms with Gasteiger partial charge in [-0.2, -0.15) is 0 Å². The maximum absolute atomic E-state index is 12.1. The number of nitrogens with zero attached hydrogens (tertiary/aromatic N) is 2. The molecule has 0 fully saturated rings. The Kier molecular flexibility index (Phi) is 5.44. The Morgan fingerprint density at radius 1 is 1.29 bits per heavy atom. The summed E-state index contributed by atoms with van der Waals surface area (Å²) in [5.74, 6) is -0.171. The second-order valence-electron chi connectivity index (χ2n) is 5.22. The average Bonchev–Trinajstić information content (AvgIpc) is 2.50. The van der Waals surface area contributed by atoms with Crippen LogP contribution in [0.1, 0.15) is 13.8 Å². The number of carbonyl (C=O) groups excluding carboxylic acids is 1. The van der Waals surface area contributed by atoms with Gasteiger partial charge in [0.25, 0.3) is 0 Å². The van der Waals surface area contributed by atoms with Crippen molar-refractivity contribution in [3.05, 3.63) is 24.3 Å². The molecule has 0 spiro atoms. The molecule has 1 N–H and O–H groups in total. The van der Waals surface area contributed by atoms with Crippen molar-refractivity contribution in [1.29, 1.82) is 0 Å². The minimum atomic E-state index is -0.286. The minimum Gasteiger partial charge on any atom is -0.465 e. The monoisotopic (exact) mass is 291 g/mol. The molecule has 0 radical (unpaired) electrons. The number of para-hydroxylation sites is 2. The van der Waals surface area contributed by atoms with Crippen LogP contribution in [0.4, 0.5) is 11.4 Å². The van der Waals surface area contributed by atoms with Crippen LogP contribution in [-0.2, 0) is 9.53 Å². The molecule has 0 saturated carbocycles. The van der Waals surface area contributed by atoms with Crippen molar-refractivity contribution in [1.82, 2.24) is 5.32 Å². The van der Waals surface area contributed by atoms with Crippen LogP contribution < -0.4 is 15.1 Å². The Labute approximate surface area is 126 Å². The van der Waals surface area contributed by atoms with Crippen molar-refractivity contribution in [2.75, 3.05) is 49.6 Å². The number of esters is 1. The molecular formula is C16H25N3O2. The van der Waals surface area contributed by atoms with Crippen LogP contribution in [0, 0.1) is 0 Å². The highest BCUT2D eigenvalue weighted by Crippen LogP contribution is 2.31. The SMILES string of the molecule is CCNC(CN1CCN(C)c2ccccc21)C(=O)OCC. The zero-order valence-electron chi connectivity index (χ0n) is 13.1. The van der Waals surface area contributed by atoms with Crippen LogP contribution in [0.3, 0.4) is 0 Å². The predicted molar refractivity (Wildman–Crippen MR) is 86.0 cm³/mol. The lowest BCUT2D eigenvalue weighted by atomic mass is 10.1. The fourth-order valence-electron chi connectivity index (χ4n) is 2.69. The third kappa shape index (κ3) is 3.67. The molecule has 21 heavy (non-hydrogen) atoms. The van der Waals surface area contributed by atoms with E-state index in [-0.39, 0.29) is 12.0 Å². The molecular weight excluding hydrogens is 266 g/mol. The molecule has 1 aliphatic heterocycles. The van der Waals surface area contributed by atoms with Gasteiger partial charge in [0, 0.05) is 26.7 Å².